The summed E-state index contributed by atoms with van der Waals surface area (Å²) in [5.41, 5.74) is 7.13. The Labute approximate surface area is 82.7 Å². The number of nitrogen functional groups attached to an aromatic ring is 1. The topological polar surface area (TPSA) is 69.6 Å². The lowest BCUT2D eigenvalue weighted by Gasteiger charge is -2.02. The highest BCUT2D eigenvalue weighted by Gasteiger charge is 2.03. The molecule has 2 rings (SSSR count). The highest BCUT2D eigenvalue weighted by Crippen LogP contribution is 2.21. The van der Waals surface area contributed by atoms with E-state index < -0.39 is 0 Å². The van der Waals surface area contributed by atoms with Crippen LogP contribution in [0.4, 0.5) is 5.69 Å². The maximum absolute atomic E-state index is 5.63. The molecule has 0 atom stereocenters. The first kappa shape index (κ1) is 8.18. The summed E-state index contributed by atoms with van der Waals surface area (Å²) in [7, 11) is 0. The van der Waals surface area contributed by atoms with E-state index in [0.29, 0.717) is 5.69 Å². The minimum absolute atomic E-state index is 0.675. The molecule has 2 N–H and O–H groups in total. The van der Waals surface area contributed by atoms with Gasteiger partial charge in [0.05, 0.1) is 5.69 Å². The Morgan fingerprint density at radius 1 is 1.38 bits per heavy atom. The van der Waals surface area contributed by atoms with Gasteiger partial charge in [-0.3, -0.25) is 0 Å². The van der Waals surface area contributed by atoms with E-state index in [4.69, 9.17) is 5.73 Å². The fourth-order valence-electron chi connectivity index (χ4n) is 0.977. The van der Waals surface area contributed by atoms with Gasteiger partial charge in [-0.2, -0.15) is 4.68 Å². The normalized spacial score (nSPS) is 10.2. The third-order valence-corrected chi connectivity index (χ3v) is 2.24. The van der Waals surface area contributed by atoms with E-state index in [0.717, 1.165) is 10.2 Å². The second kappa shape index (κ2) is 3.14. The second-order valence-electron chi connectivity index (χ2n) is 2.47. The summed E-state index contributed by atoms with van der Waals surface area (Å²) in [5.74, 6) is 0. The Morgan fingerprint density at radius 3 is 2.92 bits per heavy atom. The third kappa shape index (κ3) is 1.52. The summed E-state index contributed by atoms with van der Waals surface area (Å²) in [6.45, 7) is 0. The zero-order valence-electron chi connectivity index (χ0n) is 6.55. The lowest BCUT2D eigenvalue weighted by molar-refractivity contribution is 0.787. The number of hydrogen-bond donors (Lipinski definition) is 1. The molecule has 66 valence electrons. The number of anilines is 1. The average Bonchev–Trinajstić information content (AvgIpc) is 2.61. The Morgan fingerprint density at radius 2 is 2.23 bits per heavy atom. The average molecular weight is 240 g/mol. The van der Waals surface area contributed by atoms with Crippen LogP contribution < -0.4 is 5.73 Å². The number of aromatic nitrogens is 4. The Bertz CT molecular complexity index is 411. The number of rotatable bonds is 1. The molecule has 0 unspecified atom stereocenters. The first-order valence-corrected chi connectivity index (χ1v) is 4.35. The van der Waals surface area contributed by atoms with E-state index in [9.17, 15) is 0 Å². The van der Waals surface area contributed by atoms with E-state index in [1.807, 2.05) is 6.07 Å². The molecule has 6 heteroatoms. The van der Waals surface area contributed by atoms with Crippen LogP contribution >= 0.6 is 15.9 Å². The molecule has 2 aromatic rings. The monoisotopic (exact) mass is 239 g/mol. The van der Waals surface area contributed by atoms with Crippen molar-refractivity contribution in [3.05, 3.63) is 29.0 Å². The SMILES string of the molecule is Nc1ccc(Br)c(-n2cnnn2)c1. The van der Waals surface area contributed by atoms with Crippen LogP contribution in [0.5, 0.6) is 0 Å². The van der Waals surface area contributed by atoms with Crippen LogP contribution in [0.2, 0.25) is 0 Å². The molecule has 0 radical (unpaired) electrons. The van der Waals surface area contributed by atoms with Crippen molar-refractivity contribution in [2.24, 2.45) is 0 Å². The van der Waals surface area contributed by atoms with Gasteiger partial charge in [0.1, 0.15) is 6.33 Å². The van der Waals surface area contributed by atoms with Crippen molar-refractivity contribution in [3.8, 4) is 5.69 Å². The number of hydrogen-bond acceptors (Lipinski definition) is 4. The van der Waals surface area contributed by atoms with Gasteiger partial charge >= 0.3 is 0 Å². The summed E-state index contributed by atoms with van der Waals surface area (Å²) in [4.78, 5) is 0. The first-order chi connectivity index (χ1) is 6.27. The standard InChI is InChI=1S/C7H6BrN5/c8-6-2-1-5(9)3-7(6)13-4-10-11-12-13/h1-4H,9H2. The number of nitrogens with two attached hydrogens (primary N) is 1. The number of tetrazole rings is 1. The van der Waals surface area contributed by atoms with Gasteiger partial charge in [-0.1, -0.05) is 0 Å². The van der Waals surface area contributed by atoms with Crippen LogP contribution in [0.3, 0.4) is 0 Å². The Kier molecular flexibility index (Phi) is 1.97. The van der Waals surface area contributed by atoms with Gasteiger partial charge in [-0.05, 0) is 44.6 Å². The van der Waals surface area contributed by atoms with Gasteiger partial charge in [0.2, 0.25) is 0 Å². The van der Waals surface area contributed by atoms with E-state index in [2.05, 4.69) is 31.5 Å². The highest BCUT2D eigenvalue weighted by atomic mass is 79.9. The van der Waals surface area contributed by atoms with Crippen LogP contribution in [0.25, 0.3) is 5.69 Å². The maximum Gasteiger partial charge on any atom is 0.143 e. The van der Waals surface area contributed by atoms with Gasteiger partial charge < -0.3 is 5.73 Å². The maximum atomic E-state index is 5.63. The van der Waals surface area contributed by atoms with Crippen molar-refractivity contribution in [1.82, 2.24) is 20.2 Å². The van der Waals surface area contributed by atoms with Crippen molar-refractivity contribution in [2.75, 3.05) is 5.73 Å². The minimum Gasteiger partial charge on any atom is -0.399 e. The van der Waals surface area contributed by atoms with Gasteiger partial charge in [0.25, 0.3) is 0 Å². The summed E-state index contributed by atoms with van der Waals surface area (Å²) < 4.78 is 2.44. The summed E-state index contributed by atoms with van der Waals surface area (Å²) in [5, 5.41) is 10.8. The number of benzene rings is 1. The van der Waals surface area contributed by atoms with Gasteiger partial charge in [-0.15, -0.1) is 5.10 Å². The first-order valence-electron chi connectivity index (χ1n) is 3.56. The molecule has 5 nitrogen and oxygen atoms in total. The summed E-state index contributed by atoms with van der Waals surface area (Å²) >= 11 is 3.38. The quantitative estimate of drug-likeness (QED) is 0.755. The summed E-state index contributed by atoms with van der Waals surface area (Å²) in [6.07, 6.45) is 1.51. The van der Waals surface area contributed by atoms with Crippen molar-refractivity contribution in [2.45, 2.75) is 0 Å². The Balaban J connectivity index is 2.57. The lowest BCUT2D eigenvalue weighted by atomic mass is 10.3. The van der Waals surface area contributed by atoms with Crippen molar-refractivity contribution < 1.29 is 0 Å². The number of halogens is 1. The van der Waals surface area contributed by atoms with Gasteiger partial charge in [0, 0.05) is 10.2 Å². The predicted octanol–water partition coefficient (Wildman–Crippen LogP) is 1.01. The molecule has 0 fully saturated rings. The predicted molar refractivity (Wildman–Crippen MR) is 51.3 cm³/mol. The molecule has 0 spiro atoms. The molecular formula is C7H6BrN5. The van der Waals surface area contributed by atoms with Crippen LogP contribution in [0.15, 0.2) is 29.0 Å². The second-order valence-corrected chi connectivity index (χ2v) is 3.32. The van der Waals surface area contributed by atoms with Crippen LogP contribution in [0, 0.1) is 0 Å². The molecule has 13 heavy (non-hydrogen) atoms. The Hall–Kier alpha value is -1.43. The van der Waals surface area contributed by atoms with Crippen molar-refractivity contribution in [1.29, 1.82) is 0 Å². The van der Waals surface area contributed by atoms with Gasteiger partial charge in [-0.25, -0.2) is 0 Å². The fourth-order valence-corrected chi connectivity index (χ4v) is 1.41. The zero-order valence-corrected chi connectivity index (χ0v) is 8.14. The van der Waals surface area contributed by atoms with E-state index in [-0.39, 0.29) is 0 Å². The molecule has 1 aromatic carbocycles. The van der Waals surface area contributed by atoms with Gasteiger partial charge in [0.15, 0.2) is 0 Å². The smallest absolute Gasteiger partial charge is 0.143 e. The molecule has 0 aliphatic rings. The van der Waals surface area contributed by atoms with E-state index >= 15 is 0 Å². The molecular weight excluding hydrogens is 234 g/mol. The van der Waals surface area contributed by atoms with Crippen molar-refractivity contribution >= 4 is 21.6 Å². The van der Waals surface area contributed by atoms with E-state index in [1.54, 1.807) is 16.8 Å². The molecule has 1 aromatic heterocycles. The molecule has 1 heterocycles. The van der Waals surface area contributed by atoms with E-state index in [1.165, 1.54) is 6.33 Å². The molecule has 0 aliphatic heterocycles. The van der Waals surface area contributed by atoms with Crippen LogP contribution in [0.1, 0.15) is 0 Å². The zero-order chi connectivity index (χ0) is 9.26. The number of nitrogens with zero attached hydrogens (tertiary/aromatic N) is 4. The van der Waals surface area contributed by atoms with Crippen LogP contribution in [-0.4, -0.2) is 20.2 Å². The highest BCUT2D eigenvalue weighted by molar-refractivity contribution is 9.10. The molecule has 0 saturated carbocycles. The third-order valence-electron chi connectivity index (χ3n) is 1.57. The molecule has 0 bridgehead atoms. The fraction of sp³-hybridized carbons (Fsp3) is 0. The van der Waals surface area contributed by atoms with Crippen molar-refractivity contribution in [3.63, 3.8) is 0 Å². The molecule has 0 amide bonds. The summed E-state index contributed by atoms with van der Waals surface area (Å²) in [6, 6.07) is 5.45. The minimum atomic E-state index is 0.675. The molecule has 0 saturated heterocycles. The van der Waals surface area contributed by atoms with Crippen LogP contribution in [-0.2, 0) is 0 Å². The molecule has 0 aliphatic carbocycles. The lowest BCUT2D eigenvalue weighted by Crippen LogP contribution is -1.97. The largest absolute Gasteiger partial charge is 0.399 e.